The van der Waals surface area contributed by atoms with Gasteiger partial charge in [0, 0.05) is 29.8 Å². The summed E-state index contributed by atoms with van der Waals surface area (Å²) in [5, 5.41) is 3.11. The molecule has 0 spiro atoms. The van der Waals surface area contributed by atoms with Gasteiger partial charge in [0.15, 0.2) is 0 Å². The van der Waals surface area contributed by atoms with Gasteiger partial charge >= 0.3 is 0 Å². The molecule has 4 heteroatoms. The number of amides is 2. The molecule has 0 saturated carbocycles. The number of benzene rings is 2. The zero-order valence-electron chi connectivity index (χ0n) is 15.7. The summed E-state index contributed by atoms with van der Waals surface area (Å²) >= 11 is 0. The largest absolute Gasteiger partial charge is 0.347 e. The minimum atomic E-state index is -0.351. The number of hydrogen-bond acceptors (Lipinski definition) is 2. The Morgan fingerprint density at radius 2 is 1.73 bits per heavy atom. The fourth-order valence-electron chi connectivity index (χ4n) is 3.35. The van der Waals surface area contributed by atoms with Gasteiger partial charge in [0.1, 0.15) is 0 Å². The Hall–Kier alpha value is -2.62. The first-order valence-corrected chi connectivity index (χ1v) is 9.13. The molecule has 1 aliphatic rings. The quantitative estimate of drug-likeness (QED) is 0.890. The lowest BCUT2D eigenvalue weighted by atomic mass is 9.94. The second-order valence-corrected chi connectivity index (χ2v) is 7.70. The van der Waals surface area contributed by atoms with Gasteiger partial charge in [0.25, 0.3) is 5.91 Å². The molecule has 1 fully saturated rings. The fraction of sp³-hybridized carbons (Fsp3) is 0.364. The number of anilines is 1. The second kappa shape index (κ2) is 7.32. The van der Waals surface area contributed by atoms with Crippen LogP contribution in [0.3, 0.4) is 0 Å². The van der Waals surface area contributed by atoms with Gasteiger partial charge in [-0.3, -0.25) is 9.59 Å². The van der Waals surface area contributed by atoms with Gasteiger partial charge in [0.05, 0.1) is 0 Å². The molecule has 0 bridgehead atoms. The molecule has 2 aromatic carbocycles. The van der Waals surface area contributed by atoms with Crippen molar-refractivity contribution in [2.24, 2.45) is 0 Å². The topological polar surface area (TPSA) is 49.4 Å². The highest BCUT2D eigenvalue weighted by atomic mass is 16.2. The third-order valence-corrected chi connectivity index (χ3v) is 4.73. The molecule has 0 unspecified atom stereocenters. The van der Waals surface area contributed by atoms with Crippen molar-refractivity contribution in [2.45, 2.75) is 45.6 Å². The maximum absolute atomic E-state index is 12.6. The molecule has 3 rings (SSSR count). The Morgan fingerprint density at radius 3 is 2.31 bits per heavy atom. The normalized spacial score (nSPS) is 14.6. The Balaban J connectivity index is 1.64. The number of nitrogens with one attached hydrogen (secondary N) is 1. The van der Waals surface area contributed by atoms with Crippen LogP contribution >= 0.6 is 0 Å². The lowest BCUT2D eigenvalue weighted by molar-refractivity contribution is -0.117. The van der Waals surface area contributed by atoms with Crippen LogP contribution in [0, 0.1) is 6.92 Å². The Morgan fingerprint density at radius 1 is 1.08 bits per heavy atom. The minimum absolute atomic E-state index is 0.0959. The molecule has 0 atom stereocenters. The highest BCUT2D eigenvalue weighted by molar-refractivity contribution is 5.97. The molecule has 0 aromatic heterocycles. The predicted molar refractivity (Wildman–Crippen MR) is 104 cm³/mol. The third kappa shape index (κ3) is 4.31. The molecule has 1 saturated heterocycles. The van der Waals surface area contributed by atoms with E-state index in [2.05, 4.69) is 36.5 Å². The highest BCUT2D eigenvalue weighted by Crippen LogP contribution is 2.22. The van der Waals surface area contributed by atoms with Gasteiger partial charge in [-0.2, -0.15) is 0 Å². The lowest BCUT2D eigenvalue weighted by Gasteiger charge is -2.27. The van der Waals surface area contributed by atoms with Gasteiger partial charge in [0.2, 0.25) is 5.91 Å². The molecular weight excluding hydrogens is 324 g/mol. The van der Waals surface area contributed by atoms with E-state index in [9.17, 15) is 9.59 Å². The van der Waals surface area contributed by atoms with Crippen molar-refractivity contribution >= 4 is 17.5 Å². The molecule has 0 aliphatic carbocycles. The van der Waals surface area contributed by atoms with Crippen LogP contribution in [0.25, 0.3) is 0 Å². The van der Waals surface area contributed by atoms with Crippen LogP contribution in [0.15, 0.2) is 48.5 Å². The molecule has 0 radical (unpaired) electrons. The van der Waals surface area contributed by atoms with Crippen molar-refractivity contribution in [3.8, 4) is 0 Å². The van der Waals surface area contributed by atoms with Crippen LogP contribution in [0.1, 0.15) is 48.2 Å². The van der Waals surface area contributed by atoms with E-state index in [1.54, 1.807) is 17.0 Å². The van der Waals surface area contributed by atoms with Crippen molar-refractivity contribution in [1.82, 2.24) is 5.32 Å². The van der Waals surface area contributed by atoms with Crippen LogP contribution in [0.2, 0.25) is 0 Å². The summed E-state index contributed by atoms with van der Waals surface area (Å²) in [4.78, 5) is 26.2. The summed E-state index contributed by atoms with van der Waals surface area (Å²) in [6, 6.07) is 15.7. The summed E-state index contributed by atoms with van der Waals surface area (Å²) in [6.45, 7) is 6.88. The number of carbonyl (C=O) groups excluding carboxylic acids is 2. The summed E-state index contributed by atoms with van der Waals surface area (Å²) in [5.41, 5.74) is 3.55. The first kappa shape index (κ1) is 18.2. The Labute approximate surface area is 155 Å². The molecule has 26 heavy (non-hydrogen) atoms. The van der Waals surface area contributed by atoms with Crippen molar-refractivity contribution < 1.29 is 9.59 Å². The number of hydrogen-bond donors (Lipinski definition) is 1. The number of aryl methyl sites for hydroxylation is 1. The van der Waals surface area contributed by atoms with Crippen LogP contribution in [-0.4, -0.2) is 23.9 Å². The fourth-order valence-corrected chi connectivity index (χ4v) is 3.35. The molecule has 4 nitrogen and oxygen atoms in total. The smallest absolute Gasteiger partial charge is 0.251 e. The first-order chi connectivity index (χ1) is 12.3. The summed E-state index contributed by atoms with van der Waals surface area (Å²) < 4.78 is 0. The maximum Gasteiger partial charge on any atom is 0.251 e. The van der Waals surface area contributed by atoms with Gasteiger partial charge in [-0.1, -0.05) is 29.8 Å². The van der Waals surface area contributed by atoms with E-state index in [4.69, 9.17) is 0 Å². The summed E-state index contributed by atoms with van der Waals surface area (Å²) in [6.07, 6.45) is 2.27. The molecule has 2 amide bonds. The average molecular weight is 350 g/mol. The Bertz CT molecular complexity index is 792. The van der Waals surface area contributed by atoms with E-state index in [0.717, 1.165) is 25.1 Å². The van der Waals surface area contributed by atoms with E-state index in [-0.39, 0.29) is 17.4 Å². The van der Waals surface area contributed by atoms with Crippen molar-refractivity contribution in [1.29, 1.82) is 0 Å². The molecular formula is C22H26N2O2. The van der Waals surface area contributed by atoms with Gasteiger partial charge < -0.3 is 10.2 Å². The second-order valence-electron chi connectivity index (χ2n) is 7.70. The van der Waals surface area contributed by atoms with Crippen LogP contribution in [0.4, 0.5) is 5.69 Å². The first-order valence-electron chi connectivity index (χ1n) is 9.13. The van der Waals surface area contributed by atoms with E-state index < -0.39 is 0 Å². The minimum Gasteiger partial charge on any atom is -0.347 e. The SMILES string of the molecule is Cc1ccc(CC(C)(C)NC(=O)c2ccc(N3CCCC3=O)cc2)cc1. The molecule has 136 valence electrons. The highest BCUT2D eigenvalue weighted by Gasteiger charge is 2.23. The van der Waals surface area contributed by atoms with Crippen molar-refractivity contribution in [3.05, 3.63) is 65.2 Å². The standard InChI is InChI=1S/C22H26N2O2/c1-16-6-8-17(9-7-16)15-22(2,3)23-21(26)18-10-12-19(13-11-18)24-14-4-5-20(24)25/h6-13H,4-5,14-15H2,1-3H3,(H,23,26). The van der Waals surface area contributed by atoms with Gasteiger partial charge in [-0.25, -0.2) is 0 Å². The number of nitrogens with zero attached hydrogens (tertiary/aromatic N) is 1. The third-order valence-electron chi connectivity index (χ3n) is 4.73. The van der Waals surface area contributed by atoms with Crippen molar-refractivity contribution in [3.63, 3.8) is 0 Å². The predicted octanol–water partition coefficient (Wildman–Crippen LogP) is 3.87. The van der Waals surface area contributed by atoms with E-state index >= 15 is 0 Å². The number of carbonyl (C=O) groups is 2. The molecule has 1 N–H and O–H groups in total. The molecule has 1 heterocycles. The summed E-state index contributed by atoms with van der Waals surface area (Å²) in [5.74, 6) is 0.0582. The van der Waals surface area contributed by atoms with Crippen LogP contribution < -0.4 is 10.2 Å². The molecule has 1 aliphatic heterocycles. The zero-order valence-corrected chi connectivity index (χ0v) is 15.7. The lowest BCUT2D eigenvalue weighted by Crippen LogP contribution is -2.45. The number of rotatable bonds is 5. The Kier molecular flexibility index (Phi) is 5.12. The van der Waals surface area contributed by atoms with Gasteiger partial charge in [-0.05, 0) is 63.4 Å². The van der Waals surface area contributed by atoms with E-state index in [0.29, 0.717) is 12.0 Å². The summed E-state index contributed by atoms with van der Waals surface area (Å²) in [7, 11) is 0. The van der Waals surface area contributed by atoms with E-state index in [1.807, 2.05) is 26.0 Å². The van der Waals surface area contributed by atoms with Gasteiger partial charge in [-0.15, -0.1) is 0 Å². The molecule has 2 aromatic rings. The average Bonchev–Trinajstić information content (AvgIpc) is 3.02. The monoisotopic (exact) mass is 350 g/mol. The van der Waals surface area contributed by atoms with E-state index in [1.165, 1.54) is 11.1 Å². The maximum atomic E-state index is 12.6. The van der Waals surface area contributed by atoms with Crippen LogP contribution in [0.5, 0.6) is 0 Å². The zero-order chi connectivity index (χ0) is 18.7. The van der Waals surface area contributed by atoms with Crippen LogP contribution in [-0.2, 0) is 11.2 Å². The van der Waals surface area contributed by atoms with Crippen molar-refractivity contribution in [2.75, 3.05) is 11.4 Å².